The van der Waals surface area contributed by atoms with Crippen molar-refractivity contribution in [3.05, 3.63) is 68.2 Å². The molecule has 0 N–H and O–H groups in total. The Morgan fingerprint density at radius 3 is 2.46 bits per heavy atom. The van der Waals surface area contributed by atoms with Crippen LogP contribution >= 0.6 is 11.6 Å². The molecule has 2 rings (SSSR count). The van der Waals surface area contributed by atoms with E-state index in [2.05, 4.69) is 0 Å². The fourth-order valence-electron chi connectivity index (χ4n) is 2.21. The lowest BCUT2D eigenvalue weighted by Gasteiger charge is -2.12. The second-order valence-corrected chi connectivity index (χ2v) is 5.72. The molecule has 136 valence electrons. The van der Waals surface area contributed by atoms with Crippen LogP contribution in [-0.2, 0) is 11.3 Å². The van der Waals surface area contributed by atoms with Gasteiger partial charge < -0.3 is 9.47 Å². The number of benzene rings is 2. The summed E-state index contributed by atoms with van der Waals surface area (Å²) >= 11 is 5.73. The number of hydrogen-bond donors (Lipinski definition) is 0. The smallest absolute Gasteiger partial charge is 0.338 e. The van der Waals surface area contributed by atoms with Gasteiger partial charge in [-0.15, -0.1) is 0 Å². The lowest BCUT2D eigenvalue weighted by atomic mass is 10.1. The molecular weight excluding hydrogens is 362 g/mol. The van der Waals surface area contributed by atoms with Crippen molar-refractivity contribution in [2.24, 2.45) is 0 Å². The number of carbonyl (C=O) groups is 2. The first-order chi connectivity index (χ1) is 12.3. The topological polar surface area (TPSA) is 95.7 Å². The SMILES string of the molecule is CCOc1ccc(C(C)=O)cc1COC(=O)c1ccc(Cl)c([N+](=O)[O-])c1. The van der Waals surface area contributed by atoms with E-state index >= 15 is 0 Å². The highest BCUT2D eigenvalue weighted by Gasteiger charge is 2.18. The van der Waals surface area contributed by atoms with Crippen LogP contribution in [0.3, 0.4) is 0 Å². The Balaban J connectivity index is 2.21. The number of nitrogens with zero attached hydrogens (tertiary/aromatic N) is 1. The van der Waals surface area contributed by atoms with Gasteiger partial charge >= 0.3 is 5.97 Å². The largest absolute Gasteiger partial charge is 0.493 e. The van der Waals surface area contributed by atoms with Crippen LogP contribution in [0.15, 0.2) is 36.4 Å². The molecule has 2 aromatic rings. The number of ketones is 1. The number of nitro groups is 1. The Kier molecular flexibility index (Phi) is 6.30. The van der Waals surface area contributed by atoms with Crippen molar-refractivity contribution in [3.8, 4) is 5.75 Å². The monoisotopic (exact) mass is 377 g/mol. The van der Waals surface area contributed by atoms with Gasteiger partial charge in [0.1, 0.15) is 17.4 Å². The quantitative estimate of drug-likeness (QED) is 0.310. The first-order valence-electron chi connectivity index (χ1n) is 7.71. The van der Waals surface area contributed by atoms with Crippen LogP contribution in [0.25, 0.3) is 0 Å². The van der Waals surface area contributed by atoms with Gasteiger partial charge in [0, 0.05) is 17.2 Å². The summed E-state index contributed by atoms with van der Waals surface area (Å²) in [6.45, 7) is 3.50. The van der Waals surface area contributed by atoms with Crippen LogP contribution in [-0.4, -0.2) is 23.3 Å². The molecule has 2 aromatic carbocycles. The highest BCUT2D eigenvalue weighted by Crippen LogP contribution is 2.26. The van der Waals surface area contributed by atoms with Gasteiger partial charge in [0.25, 0.3) is 5.69 Å². The fraction of sp³-hybridized carbons (Fsp3) is 0.222. The van der Waals surface area contributed by atoms with E-state index in [-0.39, 0.29) is 28.7 Å². The Labute approximate surface area is 154 Å². The van der Waals surface area contributed by atoms with Gasteiger partial charge in [-0.25, -0.2) is 4.79 Å². The minimum Gasteiger partial charge on any atom is -0.493 e. The number of carbonyl (C=O) groups excluding carboxylic acids is 2. The second-order valence-electron chi connectivity index (χ2n) is 5.31. The Hall–Kier alpha value is -2.93. The minimum atomic E-state index is -0.750. The van der Waals surface area contributed by atoms with Crippen LogP contribution < -0.4 is 4.74 Å². The maximum absolute atomic E-state index is 12.2. The molecule has 0 aliphatic rings. The zero-order valence-electron chi connectivity index (χ0n) is 14.2. The second kappa shape index (κ2) is 8.44. The van der Waals surface area contributed by atoms with Gasteiger partial charge in [-0.3, -0.25) is 14.9 Å². The Bertz CT molecular complexity index is 865. The molecule has 0 unspecified atom stereocenters. The van der Waals surface area contributed by atoms with E-state index in [9.17, 15) is 19.7 Å². The zero-order valence-corrected chi connectivity index (χ0v) is 14.9. The van der Waals surface area contributed by atoms with E-state index in [1.807, 2.05) is 6.92 Å². The van der Waals surface area contributed by atoms with Crippen LogP contribution in [0.2, 0.25) is 5.02 Å². The highest BCUT2D eigenvalue weighted by atomic mass is 35.5. The third-order valence-corrected chi connectivity index (χ3v) is 3.82. The molecule has 0 saturated heterocycles. The summed E-state index contributed by atoms with van der Waals surface area (Å²) in [5.74, 6) is -0.387. The van der Waals surface area contributed by atoms with E-state index in [1.165, 1.54) is 19.1 Å². The molecule has 7 nitrogen and oxygen atoms in total. The normalized spacial score (nSPS) is 10.3. The summed E-state index contributed by atoms with van der Waals surface area (Å²) in [5, 5.41) is 10.8. The number of Topliss-reactive ketones (excluding diaryl/α,β-unsaturated/α-hetero) is 1. The lowest BCUT2D eigenvalue weighted by Crippen LogP contribution is -2.08. The lowest BCUT2D eigenvalue weighted by molar-refractivity contribution is -0.384. The van der Waals surface area contributed by atoms with Gasteiger partial charge in [-0.1, -0.05) is 11.6 Å². The van der Waals surface area contributed by atoms with Crippen LogP contribution in [0.5, 0.6) is 5.75 Å². The van der Waals surface area contributed by atoms with Crippen LogP contribution in [0.4, 0.5) is 5.69 Å². The van der Waals surface area contributed by atoms with Gasteiger partial charge in [0.05, 0.1) is 17.1 Å². The molecule has 0 saturated carbocycles. The van der Waals surface area contributed by atoms with Crippen molar-refractivity contribution in [2.45, 2.75) is 20.5 Å². The Morgan fingerprint density at radius 1 is 1.15 bits per heavy atom. The van der Waals surface area contributed by atoms with Gasteiger partial charge in [0.2, 0.25) is 0 Å². The molecule has 0 atom stereocenters. The summed E-state index contributed by atoms with van der Waals surface area (Å²) in [4.78, 5) is 34.0. The molecule has 0 aliphatic heterocycles. The maximum Gasteiger partial charge on any atom is 0.338 e. The molecule has 8 heteroatoms. The number of nitro benzene ring substituents is 1. The number of esters is 1. The third kappa shape index (κ3) is 4.58. The summed E-state index contributed by atoms with van der Waals surface area (Å²) < 4.78 is 10.7. The molecule has 26 heavy (non-hydrogen) atoms. The average Bonchev–Trinajstić information content (AvgIpc) is 2.60. The van der Waals surface area contributed by atoms with E-state index in [0.717, 1.165) is 6.07 Å². The molecule has 0 radical (unpaired) electrons. The standard InChI is InChI=1S/C18H16ClNO6/c1-3-25-17-7-5-12(11(2)21)8-14(17)10-26-18(22)13-4-6-15(19)16(9-13)20(23)24/h4-9H,3,10H2,1-2H3. The Morgan fingerprint density at radius 2 is 1.85 bits per heavy atom. The van der Waals surface area contributed by atoms with Crippen molar-refractivity contribution in [1.82, 2.24) is 0 Å². The van der Waals surface area contributed by atoms with Crippen molar-refractivity contribution >= 4 is 29.0 Å². The summed E-state index contributed by atoms with van der Waals surface area (Å²) in [7, 11) is 0. The minimum absolute atomic E-state index is 0.00165. The summed E-state index contributed by atoms with van der Waals surface area (Å²) in [5.41, 5.74) is 0.606. The van der Waals surface area contributed by atoms with Gasteiger partial charge in [-0.2, -0.15) is 0 Å². The van der Waals surface area contributed by atoms with E-state index in [4.69, 9.17) is 21.1 Å². The van der Waals surface area contributed by atoms with Gasteiger partial charge in [-0.05, 0) is 44.2 Å². The molecule has 0 heterocycles. The van der Waals surface area contributed by atoms with E-state index < -0.39 is 10.9 Å². The summed E-state index contributed by atoms with van der Waals surface area (Å²) in [6, 6.07) is 8.51. The predicted octanol–water partition coefficient (Wildman–Crippen LogP) is 4.21. The fourth-order valence-corrected chi connectivity index (χ4v) is 2.40. The van der Waals surface area contributed by atoms with Crippen molar-refractivity contribution < 1.29 is 24.0 Å². The molecule has 0 amide bonds. The number of halogens is 1. The average molecular weight is 378 g/mol. The van der Waals surface area contributed by atoms with E-state index in [0.29, 0.717) is 23.5 Å². The summed E-state index contributed by atoms with van der Waals surface area (Å²) in [6.07, 6.45) is 0. The van der Waals surface area contributed by atoms with Gasteiger partial charge in [0.15, 0.2) is 5.78 Å². The molecule has 0 spiro atoms. The molecule has 0 bridgehead atoms. The molecule has 0 fully saturated rings. The van der Waals surface area contributed by atoms with E-state index in [1.54, 1.807) is 18.2 Å². The first kappa shape index (κ1) is 19.4. The highest BCUT2D eigenvalue weighted by molar-refractivity contribution is 6.32. The maximum atomic E-state index is 12.2. The number of ether oxygens (including phenoxy) is 2. The number of hydrogen-bond acceptors (Lipinski definition) is 6. The predicted molar refractivity (Wildman–Crippen MR) is 94.8 cm³/mol. The number of rotatable bonds is 7. The first-order valence-corrected chi connectivity index (χ1v) is 8.09. The van der Waals surface area contributed by atoms with Crippen molar-refractivity contribution in [1.29, 1.82) is 0 Å². The van der Waals surface area contributed by atoms with Crippen LogP contribution in [0.1, 0.15) is 40.1 Å². The molecular formula is C18H16ClNO6. The van der Waals surface area contributed by atoms with Crippen molar-refractivity contribution in [2.75, 3.05) is 6.61 Å². The van der Waals surface area contributed by atoms with Crippen LogP contribution in [0, 0.1) is 10.1 Å². The third-order valence-electron chi connectivity index (χ3n) is 3.50. The molecule has 0 aliphatic carbocycles. The zero-order chi connectivity index (χ0) is 19.3. The molecule has 0 aromatic heterocycles. The van der Waals surface area contributed by atoms with Crippen molar-refractivity contribution in [3.63, 3.8) is 0 Å².